The SMILES string of the molecule is COc1cccc(COc2scc(-c3ccc(Cl)c(Cl)c3)c2C#N)n1. The first-order valence-corrected chi connectivity index (χ1v) is 8.85. The molecule has 0 aliphatic heterocycles. The van der Waals surface area contributed by atoms with Crippen LogP contribution in [0.25, 0.3) is 11.1 Å². The molecule has 25 heavy (non-hydrogen) atoms. The van der Waals surface area contributed by atoms with E-state index in [9.17, 15) is 5.26 Å². The Morgan fingerprint density at radius 2 is 2.04 bits per heavy atom. The quantitative estimate of drug-likeness (QED) is 0.570. The first-order chi connectivity index (χ1) is 12.1. The van der Waals surface area contributed by atoms with E-state index in [1.165, 1.54) is 11.3 Å². The van der Waals surface area contributed by atoms with Crippen molar-refractivity contribution in [2.75, 3.05) is 7.11 Å². The first kappa shape index (κ1) is 17.6. The molecule has 0 spiro atoms. The summed E-state index contributed by atoms with van der Waals surface area (Å²) in [4.78, 5) is 4.29. The summed E-state index contributed by atoms with van der Waals surface area (Å²) in [5.41, 5.74) is 2.76. The van der Waals surface area contributed by atoms with E-state index >= 15 is 0 Å². The summed E-state index contributed by atoms with van der Waals surface area (Å²) < 4.78 is 10.9. The number of aromatic nitrogens is 1. The summed E-state index contributed by atoms with van der Waals surface area (Å²) in [6, 6.07) is 12.9. The van der Waals surface area contributed by atoms with E-state index in [-0.39, 0.29) is 6.61 Å². The minimum absolute atomic E-state index is 0.243. The fraction of sp³-hybridized carbons (Fsp3) is 0.111. The van der Waals surface area contributed by atoms with Crippen molar-refractivity contribution in [3.05, 3.63) is 63.1 Å². The van der Waals surface area contributed by atoms with Crippen molar-refractivity contribution in [3.63, 3.8) is 0 Å². The molecule has 0 radical (unpaired) electrons. The van der Waals surface area contributed by atoms with Gasteiger partial charge in [0.1, 0.15) is 18.2 Å². The van der Waals surface area contributed by atoms with Crippen molar-refractivity contribution in [2.24, 2.45) is 0 Å². The van der Waals surface area contributed by atoms with Gasteiger partial charge >= 0.3 is 0 Å². The molecule has 0 fully saturated rings. The van der Waals surface area contributed by atoms with Crippen LogP contribution in [0, 0.1) is 11.3 Å². The molecule has 4 nitrogen and oxygen atoms in total. The zero-order valence-corrected chi connectivity index (χ0v) is 15.5. The summed E-state index contributed by atoms with van der Waals surface area (Å²) in [5.74, 6) is 0.518. The molecule has 7 heteroatoms. The van der Waals surface area contributed by atoms with Crippen LogP contribution < -0.4 is 9.47 Å². The minimum Gasteiger partial charge on any atom is -0.481 e. The van der Waals surface area contributed by atoms with E-state index in [2.05, 4.69) is 11.1 Å². The Bertz CT molecular complexity index is 950. The molecular formula is C18H12Cl2N2O2S. The van der Waals surface area contributed by atoms with E-state index in [0.29, 0.717) is 32.2 Å². The number of benzene rings is 1. The zero-order chi connectivity index (χ0) is 17.8. The van der Waals surface area contributed by atoms with Crippen LogP contribution in [0.1, 0.15) is 11.3 Å². The summed E-state index contributed by atoms with van der Waals surface area (Å²) in [6.45, 7) is 0.243. The minimum atomic E-state index is 0.243. The maximum Gasteiger partial charge on any atom is 0.213 e. The van der Waals surface area contributed by atoms with Crippen molar-refractivity contribution < 1.29 is 9.47 Å². The fourth-order valence-electron chi connectivity index (χ4n) is 2.22. The molecule has 0 unspecified atom stereocenters. The first-order valence-electron chi connectivity index (χ1n) is 7.22. The summed E-state index contributed by atoms with van der Waals surface area (Å²) >= 11 is 13.4. The van der Waals surface area contributed by atoms with Gasteiger partial charge in [-0.1, -0.05) is 35.3 Å². The number of pyridine rings is 1. The molecule has 0 bridgehead atoms. The van der Waals surface area contributed by atoms with E-state index in [1.54, 1.807) is 25.3 Å². The second-order valence-electron chi connectivity index (χ2n) is 5.01. The lowest BCUT2D eigenvalue weighted by molar-refractivity contribution is 0.306. The number of ether oxygens (including phenoxy) is 2. The molecule has 0 N–H and O–H groups in total. The monoisotopic (exact) mass is 390 g/mol. The lowest BCUT2D eigenvalue weighted by Crippen LogP contribution is -1.99. The third-order valence-electron chi connectivity index (χ3n) is 3.44. The molecule has 3 rings (SSSR count). The molecule has 0 amide bonds. The van der Waals surface area contributed by atoms with Crippen LogP contribution in [0.4, 0.5) is 0 Å². The van der Waals surface area contributed by atoms with Gasteiger partial charge in [-0.2, -0.15) is 5.26 Å². The molecule has 3 aromatic rings. The topological polar surface area (TPSA) is 55.1 Å². The molecule has 2 aromatic heterocycles. The van der Waals surface area contributed by atoms with Gasteiger partial charge < -0.3 is 9.47 Å². The van der Waals surface area contributed by atoms with Crippen LogP contribution in [0.2, 0.25) is 10.0 Å². The number of hydrogen-bond donors (Lipinski definition) is 0. The van der Waals surface area contributed by atoms with Crippen molar-refractivity contribution in [1.29, 1.82) is 5.26 Å². The molecule has 0 atom stereocenters. The lowest BCUT2D eigenvalue weighted by atomic mass is 10.1. The Hall–Kier alpha value is -2.26. The Balaban J connectivity index is 1.84. The zero-order valence-electron chi connectivity index (χ0n) is 13.1. The average molecular weight is 391 g/mol. The van der Waals surface area contributed by atoms with Gasteiger partial charge in [-0.05, 0) is 23.8 Å². The van der Waals surface area contributed by atoms with Gasteiger partial charge in [0.15, 0.2) is 5.06 Å². The average Bonchev–Trinajstić information content (AvgIpc) is 3.05. The van der Waals surface area contributed by atoms with Gasteiger partial charge in [0.05, 0.1) is 22.8 Å². The molecule has 0 saturated carbocycles. The molecule has 0 aliphatic carbocycles. The van der Waals surface area contributed by atoms with Crippen LogP contribution >= 0.6 is 34.5 Å². The lowest BCUT2D eigenvalue weighted by Gasteiger charge is -2.06. The van der Waals surface area contributed by atoms with Crippen molar-refractivity contribution in [3.8, 4) is 28.1 Å². The summed E-state index contributed by atoms with van der Waals surface area (Å²) in [5, 5.41) is 12.9. The van der Waals surface area contributed by atoms with Crippen LogP contribution in [0.5, 0.6) is 10.9 Å². The number of hydrogen-bond acceptors (Lipinski definition) is 5. The molecule has 0 aliphatic rings. The second-order valence-corrected chi connectivity index (χ2v) is 6.67. The number of thiophene rings is 1. The Kier molecular flexibility index (Phi) is 5.44. The fourth-order valence-corrected chi connectivity index (χ4v) is 3.40. The smallest absolute Gasteiger partial charge is 0.213 e. The van der Waals surface area contributed by atoms with Crippen LogP contribution in [-0.2, 0) is 6.61 Å². The Morgan fingerprint density at radius 3 is 2.76 bits per heavy atom. The van der Waals surface area contributed by atoms with E-state index < -0.39 is 0 Å². The molecule has 1 aromatic carbocycles. The van der Waals surface area contributed by atoms with Gasteiger partial charge in [-0.15, -0.1) is 11.3 Å². The van der Waals surface area contributed by atoms with Crippen molar-refractivity contribution in [1.82, 2.24) is 4.98 Å². The number of methoxy groups -OCH3 is 1. The maximum atomic E-state index is 9.53. The highest BCUT2D eigenvalue weighted by atomic mass is 35.5. The molecular weight excluding hydrogens is 379 g/mol. The number of nitrogens with zero attached hydrogens (tertiary/aromatic N) is 2. The van der Waals surface area contributed by atoms with Gasteiger partial charge in [0, 0.05) is 17.0 Å². The standard InChI is InChI=1S/C18H12Cl2N2O2S/c1-23-17-4-2-3-12(22-17)9-24-18-13(8-21)14(10-25-18)11-5-6-15(19)16(20)7-11/h2-7,10H,9H2,1H3. The number of nitriles is 1. The van der Waals surface area contributed by atoms with E-state index in [4.69, 9.17) is 32.7 Å². The van der Waals surface area contributed by atoms with E-state index in [0.717, 1.165) is 11.1 Å². The Labute approximate surface area is 159 Å². The second kappa shape index (κ2) is 7.75. The maximum absolute atomic E-state index is 9.53. The molecule has 0 saturated heterocycles. The summed E-state index contributed by atoms with van der Waals surface area (Å²) in [7, 11) is 1.56. The molecule has 126 valence electrons. The Morgan fingerprint density at radius 1 is 1.20 bits per heavy atom. The summed E-state index contributed by atoms with van der Waals surface area (Å²) in [6.07, 6.45) is 0. The van der Waals surface area contributed by atoms with E-state index in [1.807, 2.05) is 23.6 Å². The third-order valence-corrected chi connectivity index (χ3v) is 5.07. The molecule has 2 heterocycles. The van der Waals surface area contributed by atoms with Crippen molar-refractivity contribution in [2.45, 2.75) is 6.61 Å². The van der Waals surface area contributed by atoms with Gasteiger partial charge in [-0.3, -0.25) is 0 Å². The van der Waals surface area contributed by atoms with Crippen LogP contribution in [0.3, 0.4) is 0 Å². The van der Waals surface area contributed by atoms with Crippen LogP contribution in [0.15, 0.2) is 41.8 Å². The van der Waals surface area contributed by atoms with Gasteiger partial charge in [0.25, 0.3) is 0 Å². The largest absolute Gasteiger partial charge is 0.481 e. The predicted molar refractivity (Wildman–Crippen MR) is 99.6 cm³/mol. The van der Waals surface area contributed by atoms with Gasteiger partial charge in [0.2, 0.25) is 5.88 Å². The normalized spacial score (nSPS) is 10.3. The van der Waals surface area contributed by atoms with Crippen molar-refractivity contribution >= 4 is 34.5 Å². The predicted octanol–water partition coefficient (Wildman–Crippen LogP) is 5.58. The highest BCUT2D eigenvalue weighted by Gasteiger charge is 2.15. The van der Waals surface area contributed by atoms with Crippen LogP contribution in [-0.4, -0.2) is 12.1 Å². The number of halogens is 2. The van der Waals surface area contributed by atoms with Gasteiger partial charge in [-0.25, -0.2) is 4.98 Å². The highest BCUT2D eigenvalue weighted by molar-refractivity contribution is 7.12. The highest BCUT2D eigenvalue weighted by Crippen LogP contribution is 2.38. The third kappa shape index (κ3) is 3.88. The number of rotatable bonds is 5.